The summed E-state index contributed by atoms with van der Waals surface area (Å²) in [7, 11) is 0. The maximum atomic E-state index is 13.7. The number of nitrogens with one attached hydrogen (secondary N) is 2. The Morgan fingerprint density at radius 3 is 2.38 bits per heavy atom. The number of benzene rings is 2. The summed E-state index contributed by atoms with van der Waals surface area (Å²) in [6.45, 7) is 6.39. The predicted octanol–water partition coefficient (Wildman–Crippen LogP) is 3.59. The molecule has 24 heavy (non-hydrogen) atoms. The van der Waals surface area contributed by atoms with Crippen molar-refractivity contribution in [3.63, 3.8) is 0 Å². The quantitative estimate of drug-likeness (QED) is 0.815. The van der Waals surface area contributed by atoms with Crippen LogP contribution in [-0.4, -0.2) is 18.5 Å². The highest BCUT2D eigenvalue weighted by Gasteiger charge is 2.20. The highest BCUT2D eigenvalue weighted by atomic mass is 19.1. The summed E-state index contributed by atoms with van der Waals surface area (Å²) in [5, 5.41) is 6.13. The van der Waals surface area contributed by atoms with Crippen LogP contribution in [0.4, 0.5) is 4.39 Å². The number of hydrogen-bond acceptors (Lipinski definition) is 2. The van der Waals surface area contributed by atoms with Gasteiger partial charge in [0, 0.05) is 6.54 Å². The largest absolute Gasteiger partial charge is 0.355 e. The third-order valence-electron chi connectivity index (χ3n) is 4.06. The summed E-state index contributed by atoms with van der Waals surface area (Å²) < 4.78 is 13.7. The van der Waals surface area contributed by atoms with Crippen molar-refractivity contribution >= 4 is 5.91 Å². The van der Waals surface area contributed by atoms with Gasteiger partial charge < -0.3 is 5.32 Å². The van der Waals surface area contributed by atoms with Crippen LogP contribution in [0.2, 0.25) is 0 Å². The Morgan fingerprint density at radius 2 is 1.79 bits per heavy atom. The first-order valence-electron chi connectivity index (χ1n) is 8.43. The van der Waals surface area contributed by atoms with Crippen LogP contribution in [0, 0.1) is 5.82 Å². The monoisotopic (exact) mass is 328 g/mol. The smallest absolute Gasteiger partial charge is 0.236 e. The third-order valence-corrected chi connectivity index (χ3v) is 4.06. The molecule has 2 aromatic carbocycles. The number of halogens is 1. The normalized spacial score (nSPS) is 13.3. The van der Waals surface area contributed by atoms with E-state index in [-0.39, 0.29) is 23.8 Å². The Labute approximate surface area is 143 Å². The van der Waals surface area contributed by atoms with Crippen molar-refractivity contribution in [3.05, 3.63) is 71.0 Å². The Balaban J connectivity index is 2.31. The Bertz CT molecular complexity index is 670. The van der Waals surface area contributed by atoms with Gasteiger partial charge in [0.2, 0.25) is 5.91 Å². The van der Waals surface area contributed by atoms with E-state index in [9.17, 15) is 9.18 Å². The van der Waals surface area contributed by atoms with Crippen LogP contribution in [0.1, 0.15) is 43.5 Å². The zero-order chi connectivity index (χ0) is 17.5. The van der Waals surface area contributed by atoms with Gasteiger partial charge in [-0.3, -0.25) is 10.1 Å². The molecular formula is C20H25FN2O. The molecule has 0 saturated carbocycles. The van der Waals surface area contributed by atoms with Crippen LogP contribution < -0.4 is 10.6 Å². The maximum Gasteiger partial charge on any atom is 0.236 e. The van der Waals surface area contributed by atoms with Gasteiger partial charge in [-0.15, -0.1) is 0 Å². The molecule has 2 rings (SSSR count). The zero-order valence-electron chi connectivity index (χ0n) is 14.5. The fraction of sp³-hybridized carbons (Fsp3) is 0.350. The lowest BCUT2D eigenvalue weighted by molar-refractivity contribution is -0.122. The lowest BCUT2D eigenvalue weighted by Crippen LogP contribution is -2.43. The summed E-state index contributed by atoms with van der Waals surface area (Å²) in [6, 6.07) is 14.1. The molecule has 0 bridgehead atoms. The van der Waals surface area contributed by atoms with Crippen LogP contribution in [0.3, 0.4) is 0 Å². The van der Waals surface area contributed by atoms with Gasteiger partial charge in [0.15, 0.2) is 0 Å². The highest BCUT2D eigenvalue weighted by Crippen LogP contribution is 2.24. The minimum Gasteiger partial charge on any atom is -0.355 e. The van der Waals surface area contributed by atoms with Gasteiger partial charge in [-0.25, -0.2) is 4.39 Å². The highest BCUT2D eigenvalue weighted by molar-refractivity contribution is 5.81. The molecule has 0 fully saturated rings. The van der Waals surface area contributed by atoms with Crippen LogP contribution in [-0.2, 0) is 11.2 Å². The van der Waals surface area contributed by atoms with E-state index >= 15 is 0 Å². The van der Waals surface area contributed by atoms with Crippen molar-refractivity contribution in [2.75, 3.05) is 6.54 Å². The fourth-order valence-electron chi connectivity index (χ4n) is 2.67. The molecule has 0 unspecified atom stereocenters. The molecule has 0 radical (unpaired) electrons. The molecule has 0 spiro atoms. The van der Waals surface area contributed by atoms with E-state index in [1.54, 1.807) is 6.07 Å². The molecular weight excluding hydrogens is 303 g/mol. The van der Waals surface area contributed by atoms with E-state index < -0.39 is 0 Å². The SMILES string of the molecule is CCNC(=O)[C@@H](C)N[C@H](c1ccc(CC)cc1)c1cccc(F)c1. The molecule has 0 aliphatic rings. The number of likely N-dealkylation sites (N-methyl/N-ethyl adjacent to an activating group) is 1. The van der Waals surface area contributed by atoms with Crippen molar-refractivity contribution in [2.24, 2.45) is 0 Å². The first-order chi connectivity index (χ1) is 11.5. The molecule has 4 heteroatoms. The predicted molar refractivity (Wildman–Crippen MR) is 95.3 cm³/mol. The second-order valence-corrected chi connectivity index (χ2v) is 5.87. The van der Waals surface area contributed by atoms with Crippen LogP contribution in [0.25, 0.3) is 0 Å². The van der Waals surface area contributed by atoms with E-state index in [2.05, 4.69) is 29.7 Å². The molecule has 0 heterocycles. The van der Waals surface area contributed by atoms with E-state index in [1.165, 1.54) is 17.7 Å². The van der Waals surface area contributed by atoms with Gasteiger partial charge in [0.1, 0.15) is 5.82 Å². The van der Waals surface area contributed by atoms with E-state index in [0.29, 0.717) is 6.54 Å². The number of amides is 1. The fourth-order valence-corrected chi connectivity index (χ4v) is 2.67. The van der Waals surface area contributed by atoms with Gasteiger partial charge in [-0.1, -0.05) is 43.3 Å². The van der Waals surface area contributed by atoms with Gasteiger partial charge in [-0.05, 0) is 49.1 Å². The second kappa shape index (κ2) is 8.60. The van der Waals surface area contributed by atoms with Crippen molar-refractivity contribution < 1.29 is 9.18 Å². The van der Waals surface area contributed by atoms with Gasteiger partial charge in [-0.2, -0.15) is 0 Å². The molecule has 2 N–H and O–H groups in total. The van der Waals surface area contributed by atoms with E-state index in [0.717, 1.165) is 17.5 Å². The molecule has 2 atom stereocenters. The minimum absolute atomic E-state index is 0.0657. The van der Waals surface area contributed by atoms with Crippen molar-refractivity contribution in [1.82, 2.24) is 10.6 Å². The van der Waals surface area contributed by atoms with Gasteiger partial charge >= 0.3 is 0 Å². The number of carbonyl (C=O) groups excluding carboxylic acids is 1. The number of hydrogen-bond donors (Lipinski definition) is 2. The Morgan fingerprint density at radius 1 is 1.08 bits per heavy atom. The standard InChI is InChI=1S/C20H25FN2O/c1-4-15-9-11-16(12-10-15)19(17-7-6-8-18(21)13-17)23-14(3)20(24)22-5-2/h6-14,19,23H,4-5H2,1-3H3,(H,22,24)/t14-,19-/m1/s1. The minimum atomic E-state index is -0.385. The summed E-state index contributed by atoms with van der Waals surface area (Å²) in [4.78, 5) is 12.1. The van der Waals surface area contributed by atoms with Crippen molar-refractivity contribution in [3.8, 4) is 0 Å². The molecule has 0 saturated heterocycles. The summed E-state index contributed by atoms with van der Waals surface area (Å²) in [6.07, 6.45) is 0.966. The molecule has 0 aromatic heterocycles. The third kappa shape index (κ3) is 4.65. The molecule has 0 aliphatic heterocycles. The number of rotatable bonds is 7. The topological polar surface area (TPSA) is 41.1 Å². The second-order valence-electron chi connectivity index (χ2n) is 5.87. The summed E-state index contributed by atoms with van der Waals surface area (Å²) in [5.74, 6) is -0.348. The summed E-state index contributed by atoms with van der Waals surface area (Å²) >= 11 is 0. The first kappa shape index (κ1) is 18.1. The molecule has 1 amide bonds. The number of aryl methyl sites for hydroxylation is 1. The Kier molecular flexibility index (Phi) is 6.50. The zero-order valence-corrected chi connectivity index (χ0v) is 14.5. The lowest BCUT2D eigenvalue weighted by atomic mass is 9.96. The average molecular weight is 328 g/mol. The van der Waals surface area contributed by atoms with Gasteiger partial charge in [0.05, 0.1) is 12.1 Å². The van der Waals surface area contributed by atoms with Crippen LogP contribution in [0.5, 0.6) is 0 Å². The molecule has 0 aliphatic carbocycles. The first-order valence-corrected chi connectivity index (χ1v) is 8.43. The van der Waals surface area contributed by atoms with Crippen molar-refractivity contribution in [1.29, 1.82) is 0 Å². The molecule has 3 nitrogen and oxygen atoms in total. The van der Waals surface area contributed by atoms with Crippen LogP contribution >= 0.6 is 0 Å². The average Bonchev–Trinajstić information content (AvgIpc) is 2.59. The van der Waals surface area contributed by atoms with Gasteiger partial charge in [0.25, 0.3) is 0 Å². The molecule has 128 valence electrons. The van der Waals surface area contributed by atoms with Crippen molar-refractivity contribution in [2.45, 2.75) is 39.3 Å². The van der Waals surface area contributed by atoms with E-state index in [1.807, 2.05) is 32.0 Å². The number of carbonyl (C=O) groups is 1. The molecule has 2 aromatic rings. The van der Waals surface area contributed by atoms with E-state index in [4.69, 9.17) is 0 Å². The van der Waals surface area contributed by atoms with Crippen LogP contribution in [0.15, 0.2) is 48.5 Å². The lowest BCUT2D eigenvalue weighted by Gasteiger charge is -2.24. The Hall–Kier alpha value is -2.20. The summed E-state index contributed by atoms with van der Waals surface area (Å²) in [5.41, 5.74) is 3.05. The maximum absolute atomic E-state index is 13.7.